The van der Waals surface area contributed by atoms with Crippen molar-refractivity contribution in [3.8, 4) is 5.75 Å². The summed E-state index contributed by atoms with van der Waals surface area (Å²) in [7, 11) is 3.53. The number of ether oxygens (including phenoxy) is 1. The number of benzene rings is 2. The van der Waals surface area contributed by atoms with Gasteiger partial charge in [0.1, 0.15) is 11.6 Å². The molecule has 2 aromatic rings. The predicted octanol–water partition coefficient (Wildman–Crippen LogP) is 5.39. The first-order valence-corrected chi connectivity index (χ1v) is 12.2. The maximum absolute atomic E-state index is 13.5. The van der Waals surface area contributed by atoms with Crippen LogP contribution in [0, 0.1) is 5.82 Å². The number of hydrogen-bond acceptors (Lipinski definition) is 4. The fourth-order valence-electron chi connectivity index (χ4n) is 4.47. The number of likely N-dealkylation sites (tertiary alicyclic amines) is 1. The number of hydrogen-bond donors (Lipinski definition) is 1. The molecule has 2 unspecified atom stereocenters. The number of nitrogens with zero attached hydrogens (tertiary/aromatic N) is 3. The molecule has 7 heteroatoms. The fourth-order valence-corrected chi connectivity index (χ4v) is 4.47. The minimum Gasteiger partial charge on any atom is -0.495 e. The number of halogens is 1. The Labute approximate surface area is 213 Å². The fraction of sp³-hybridized carbons (Fsp3) is 0.379. The largest absolute Gasteiger partial charge is 0.495 e. The van der Waals surface area contributed by atoms with Gasteiger partial charge >= 0.3 is 0 Å². The van der Waals surface area contributed by atoms with Crippen LogP contribution >= 0.6 is 0 Å². The van der Waals surface area contributed by atoms with Gasteiger partial charge in [-0.1, -0.05) is 24.3 Å². The van der Waals surface area contributed by atoms with Crippen LogP contribution in [0.15, 0.2) is 65.7 Å². The van der Waals surface area contributed by atoms with Crippen molar-refractivity contribution in [3.63, 3.8) is 0 Å². The van der Waals surface area contributed by atoms with Crippen molar-refractivity contribution >= 4 is 24.0 Å². The lowest BCUT2D eigenvalue weighted by Crippen LogP contribution is -2.43. The molecule has 0 aliphatic carbocycles. The summed E-state index contributed by atoms with van der Waals surface area (Å²) in [5, 5.41) is 10.5. The molecule has 0 saturated carbocycles. The van der Waals surface area contributed by atoms with Crippen LogP contribution in [0.5, 0.6) is 5.75 Å². The van der Waals surface area contributed by atoms with Crippen molar-refractivity contribution in [1.82, 2.24) is 4.90 Å². The van der Waals surface area contributed by atoms with Crippen LogP contribution in [0.2, 0.25) is 0 Å². The zero-order chi connectivity index (χ0) is 26.2. The topological polar surface area (TPSA) is 65.4 Å². The van der Waals surface area contributed by atoms with E-state index in [1.807, 2.05) is 49.2 Å². The second-order valence-electron chi connectivity index (χ2n) is 9.19. The molecule has 0 radical (unpaired) electrons. The van der Waals surface area contributed by atoms with Gasteiger partial charge in [-0.15, -0.1) is 6.58 Å². The third kappa shape index (κ3) is 6.61. The zero-order valence-corrected chi connectivity index (χ0v) is 21.5. The Kier molecular flexibility index (Phi) is 9.42. The summed E-state index contributed by atoms with van der Waals surface area (Å²) < 4.78 is 19.1. The molecule has 0 bridgehead atoms. The zero-order valence-electron chi connectivity index (χ0n) is 21.5. The molecule has 3 atom stereocenters. The Morgan fingerprint density at radius 1 is 1.25 bits per heavy atom. The molecule has 192 valence electrons. The van der Waals surface area contributed by atoms with Gasteiger partial charge < -0.3 is 19.6 Å². The van der Waals surface area contributed by atoms with Crippen molar-refractivity contribution in [2.75, 3.05) is 25.6 Å². The number of methoxy groups -OCH3 is 1. The van der Waals surface area contributed by atoms with Crippen LogP contribution in [0.3, 0.4) is 0 Å². The van der Waals surface area contributed by atoms with Gasteiger partial charge in [-0.25, -0.2) is 4.39 Å². The van der Waals surface area contributed by atoms with E-state index in [9.17, 15) is 14.3 Å². The molecule has 1 N–H and O–H groups in total. The van der Waals surface area contributed by atoms with E-state index in [4.69, 9.17) is 4.74 Å². The Hall–Kier alpha value is -3.45. The number of carbonyl (C=O) groups excluding carboxylic acids is 1. The number of amides is 1. The third-order valence-corrected chi connectivity index (χ3v) is 6.31. The highest BCUT2D eigenvalue weighted by Crippen LogP contribution is 2.33. The van der Waals surface area contributed by atoms with Gasteiger partial charge in [-0.3, -0.25) is 9.79 Å². The minimum atomic E-state index is -0.801. The lowest BCUT2D eigenvalue weighted by Gasteiger charge is -2.37. The molecule has 1 aliphatic heterocycles. The number of aliphatic hydroxyl groups is 1. The summed E-state index contributed by atoms with van der Waals surface area (Å²) in [6, 6.07) is 11.3. The van der Waals surface area contributed by atoms with Gasteiger partial charge in [0.15, 0.2) is 0 Å². The first-order chi connectivity index (χ1) is 17.2. The first kappa shape index (κ1) is 27.1. The van der Waals surface area contributed by atoms with E-state index in [-0.39, 0.29) is 17.8 Å². The quantitative estimate of drug-likeness (QED) is 0.209. The Morgan fingerprint density at radius 2 is 1.97 bits per heavy atom. The number of piperidine rings is 1. The number of rotatable bonds is 10. The average molecular weight is 494 g/mol. The highest BCUT2D eigenvalue weighted by Gasteiger charge is 2.33. The van der Waals surface area contributed by atoms with E-state index in [0.717, 1.165) is 24.1 Å². The van der Waals surface area contributed by atoms with Crippen molar-refractivity contribution in [3.05, 3.63) is 77.6 Å². The van der Waals surface area contributed by atoms with Gasteiger partial charge in [0, 0.05) is 19.2 Å². The van der Waals surface area contributed by atoms with Crippen molar-refractivity contribution < 1.29 is 19.0 Å². The van der Waals surface area contributed by atoms with Crippen molar-refractivity contribution in [2.24, 2.45) is 4.99 Å². The summed E-state index contributed by atoms with van der Waals surface area (Å²) in [6.07, 6.45) is 6.92. The summed E-state index contributed by atoms with van der Waals surface area (Å²) in [5.74, 6) is 0.192. The Balaban J connectivity index is 1.85. The van der Waals surface area contributed by atoms with Gasteiger partial charge in [-0.05, 0) is 74.6 Å². The van der Waals surface area contributed by atoms with Crippen molar-refractivity contribution in [2.45, 2.75) is 51.3 Å². The summed E-state index contributed by atoms with van der Waals surface area (Å²) in [6.45, 7) is 7.96. The summed E-state index contributed by atoms with van der Waals surface area (Å²) >= 11 is 0. The first-order valence-electron chi connectivity index (χ1n) is 12.2. The average Bonchev–Trinajstić information content (AvgIpc) is 2.86. The molecule has 0 aromatic heterocycles. The smallest absolute Gasteiger partial charge is 0.250 e. The monoisotopic (exact) mass is 493 g/mol. The summed E-state index contributed by atoms with van der Waals surface area (Å²) in [5.41, 5.74) is 3.08. The van der Waals surface area contributed by atoms with Gasteiger partial charge in [0.2, 0.25) is 5.91 Å². The molecule has 36 heavy (non-hydrogen) atoms. The number of anilines is 1. The molecule has 1 saturated heterocycles. The molecule has 6 nitrogen and oxygen atoms in total. The number of aliphatic imine (C=N–C) groups is 1. The molecule has 1 heterocycles. The van der Waals surface area contributed by atoms with Crippen LogP contribution in [-0.2, 0) is 4.79 Å². The molecule has 0 spiro atoms. The standard InChI is InChI=1S/C29H36FN3O3/c1-6-8-20(2)31-19-32(4)26-15-10-22(18-27(26)36-5)17-24-9-7-16-33(29(24)35)28(21(3)34)23-11-13-25(30)14-12-23/h6,10-15,17-21,28,34H,1,7-9,16H2,2-5H3/b24-17+,31-19?/t20?,21-,28?/m0/s1. The number of carbonyl (C=O) groups is 1. The lowest BCUT2D eigenvalue weighted by molar-refractivity contribution is -0.133. The second kappa shape index (κ2) is 12.5. The van der Waals surface area contributed by atoms with E-state index in [0.29, 0.717) is 29.9 Å². The highest BCUT2D eigenvalue weighted by molar-refractivity contribution is 5.99. The third-order valence-electron chi connectivity index (χ3n) is 6.31. The van der Waals surface area contributed by atoms with Crippen LogP contribution in [0.1, 0.15) is 50.3 Å². The Morgan fingerprint density at radius 3 is 2.61 bits per heavy atom. The normalized spacial score (nSPS) is 17.8. The molecular formula is C29H36FN3O3. The molecule has 1 amide bonds. The molecule has 2 aromatic carbocycles. The summed E-state index contributed by atoms with van der Waals surface area (Å²) in [4.78, 5) is 21.6. The maximum atomic E-state index is 13.5. The van der Waals surface area contributed by atoms with Crippen LogP contribution < -0.4 is 9.64 Å². The molecule has 1 fully saturated rings. The van der Waals surface area contributed by atoms with Gasteiger partial charge in [0.05, 0.1) is 37.3 Å². The van der Waals surface area contributed by atoms with Gasteiger partial charge in [0.25, 0.3) is 0 Å². The molecule has 1 aliphatic rings. The number of aliphatic hydroxyl groups excluding tert-OH is 1. The Bertz CT molecular complexity index is 1110. The molecule has 3 rings (SSSR count). The van der Waals surface area contributed by atoms with Crippen LogP contribution in [0.4, 0.5) is 10.1 Å². The van der Waals surface area contributed by atoms with Gasteiger partial charge in [-0.2, -0.15) is 0 Å². The minimum absolute atomic E-state index is 0.125. The van der Waals surface area contributed by atoms with E-state index in [2.05, 4.69) is 11.6 Å². The van der Waals surface area contributed by atoms with E-state index in [1.54, 1.807) is 37.4 Å². The predicted molar refractivity (Wildman–Crippen MR) is 144 cm³/mol. The van der Waals surface area contributed by atoms with Crippen molar-refractivity contribution in [1.29, 1.82) is 0 Å². The molecular weight excluding hydrogens is 457 g/mol. The van der Waals surface area contributed by atoms with Crippen LogP contribution in [0.25, 0.3) is 6.08 Å². The second-order valence-corrected chi connectivity index (χ2v) is 9.19. The van der Waals surface area contributed by atoms with E-state index < -0.39 is 12.1 Å². The van der Waals surface area contributed by atoms with E-state index >= 15 is 0 Å². The van der Waals surface area contributed by atoms with Crippen LogP contribution in [-0.4, -0.2) is 55.1 Å². The SMILES string of the molecule is C=CCC(C)N=CN(C)c1ccc(/C=C2\CCCN(C(c3ccc(F)cc3)[C@H](C)O)C2=O)cc1OC. The van der Waals surface area contributed by atoms with E-state index in [1.165, 1.54) is 12.1 Å². The highest BCUT2D eigenvalue weighted by atomic mass is 19.1. The maximum Gasteiger partial charge on any atom is 0.250 e. The lowest BCUT2D eigenvalue weighted by atomic mass is 9.94.